The van der Waals surface area contributed by atoms with E-state index in [4.69, 9.17) is 5.73 Å². The molecule has 0 aromatic carbocycles. The second-order valence-corrected chi connectivity index (χ2v) is 3.49. The molecular formula is C12H10N4O2. The Kier molecular flexibility index (Phi) is 3.29. The summed E-state index contributed by atoms with van der Waals surface area (Å²) in [6.07, 6.45) is 4.34. The molecule has 6 heteroatoms. The monoisotopic (exact) mass is 242 g/mol. The molecule has 18 heavy (non-hydrogen) atoms. The van der Waals surface area contributed by atoms with Crippen molar-refractivity contribution in [2.45, 2.75) is 0 Å². The summed E-state index contributed by atoms with van der Waals surface area (Å²) in [4.78, 5) is 30.3. The Bertz CT molecular complexity index is 566. The third-order valence-corrected chi connectivity index (χ3v) is 2.21. The first-order valence-corrected chi connectivity index (χ1v) is 5.14. The Labute approximate surface area is 103 Å². The van der Waals surface area contributed by atoms with Crippen molar-refractivity contribution >= 4 is 17.6 Å². The van der Waals surface area contributed by atoms with Gasteiger partial charge in [0.05, 0.1) is 11.1 Å². The average Bonchev–Trinajstić information content (AvgIpc) is 2.40. The first-order valence-electron chi connectivity index (χ1n) is 5.14. The number of anilines is 1. The number of hydrogen-bond acceptors (Lipinski definition) is 4. The maximum atomic E-state index is 11.8. The van der Waals surface area contributed by atoms with E-state index in [0.717, 1.165) is 0 Å². The standard InChI is InChI=1S/C12H10N4O2/c13-11(17)8-3-4-10(15-7-8)16-12(18)9-2-1-5-14-6-9/h1-7H,(H2,13,17)(H,15,16,18). The molecule has 2 heterocycles. The molecule has 2 rings (SSSR count). The molecule has 0 saturated heterocycles. The van der Waals surface area contributed by atoms with Crippen LogP contribution in [0.5, 0.6) is 0 Å². The summed E-state index contributed by atoms with van der Waals surface area (Å²) in [7, 11) is 0. The molecule has 90 valence electrons. The van der Waals surface area contributed by atoms with E-state index in [0.29, 0.717) is 11.4 Å². The van der Waals surface area contributed by atoms with Gasteiger partial charge in [-0.3, -0.25) is 14.6 Å². The van der Waals surface area contributed by atoms with Crippen LogP contribution in [-0.4, -0.2) is 21.8 Å². The highest BCUT2D eigenvalue weighted by Gasteiger charge is 2.07. The van der Waals surface area contributed by atoms with E-state index >= 15 is 0 Å². The maximum Gasteiger partial charge on any atom is 0.258 e. The van der Waals surface area contributed by atoms with Gasteiger partial charge in [0, 0.05) is 18.6 Å². The van der Waals surface area contributed by atoms with Crippen molar-refractivity contribution in [3.05, 3.63) is 54.0 Å². The number of primary amides is 1. The van der Waals surface area contributed by atoms with Gasteiger partial charge in [0.2, 0.25) is 5.91 Å². The Balaban J connectivity index is 2.10. The third kappa shape index (κ3) is 2.67. The molecule has 6 nitrogen and oxygen atoms in total. The van der Waals surface area contributed by atoms with Crippen molar-refractivity contribution < 1.29 is 9.59 Å². The lowest BCUT2D eigenvalue weighted by Crippen LogP contribution is -2.14. The fraction of sp³-hybridized carbons (Fsp3) is 0. The Morgan fingerprint density at radius 1 is 1.11 bits per heavy atom. The minimum Gasteiger partial charge on any atom is -0.366 e. The second-order valence-electron chi connectivity index (χ2n) is 3.49. The predicted octanol–water partition coefficient (Wildman–Crippen LogP) is 0.828. The highest BCUT2D eigenvalue weighted by Crippen LogP contribution is 2.06. The average molecular weight is 242 g/mol. The van der Waals surface area contributed by atoms with E-state index in [2.05, 4.69) is 15.3 Å². The zero-order valence-corrected chi connectivity index (χ0v) is 9.33. The number of carbonyl (C=O) groups excluding carboxylic acids is 2. The number of rotatable bonds is 3. The molecule has 0 aliphatic rings. The predicted molar refractivity (Wildman–Crippen MR) is 64.9 cm³/mol. The fourth-order valence-electron chi connectivity index (χ4n) is 1.30. The van der Waals surface area contributed by atoms with Gasteiger partial charge in [-0.25, -0.2) is 4.98 Å². The van der Waals surface area contributed by atoms with Gasteiger partial charge in [0.15, 0.2) is 0 Å². The van der Waals surface area contributed by atoms with Crippen LogP contribution in [0.15, 0.2) is 42.9 Å². The number of carbonyl (C=O) groups is 2. The van der Waals surface area contributed by atoms with Crippen LogP contribution >= 0.6 is 0 Å². The van der Waals surface area contributed by atoms with Crippen LogP contribution in [-0.2, 0) is 0 Å². The van der Waals surface area contributed by atoms with Crippen LogP contribution in [0.25, 0.3) is 0 Å². The normalized spacial score (nSPS) is 9.78. The van der Waals surface area contributed by atoms with Gasteiger partial charge in [-0.2, -0.15) is 0 Å². The SMILES string of the molecule is NC(=O)c1ccc(NC(=O)c2cccnc2)nc1. The second kappa shape index (κ2) is 5.05. The topological polar surface area (TPSA) is 98.0 Å². The van der Waals surface area contributed by atoms with Crippen LogP contribution in [0.1, 0.15) is 20.7 Å². The lowest BCUT2D eigenvalue weighted by atomic mass is 10.2. The Morgan fingerprint density at radius 2 is 1.94 bits per heavy atom. The van der Waals surface area contributed by atoms with Gasteiger partial charge in [0.25, 0.3) is 5.91 Å². The molecule has 2 aromatic rings. The van der Waals surface area contributed by atoms with Crippen molar-refractivity contribution in [3.8, 4) is 0 Å². The molecule has 3 N–H and O–H groups in total. The van der Waals surface area contributed by atoms with E-state index in [1.54, 1.807) is 18.3 Å². The number of aromatic nitrogens is 2. The summed E-state index contributed by atoms with van der Waals surface area (Å²) >= 11 is 0. The smallest absolute Gasteiger partial charge is 0.258 e. The van der Waals surface area contributed by atoms with Crippen molar-refractivity contribution in [1.29, 1.82) is 0 Å². The van der Waals surface area contributed by atoms with E-state index in [9.17, 15) is 9.59 Å². The first kappa shape index (κ1) is 11.7. The van der Waals surface area contributed by atoms with Crippen LogP contribution in [0.4, 0.5) is 5.82 Å². The molecule has 0 fully saturated rings. The van der Waals surface area contributed by atoms with Crippen molar-refractivity contribution in [2.24, 2.45) is 5.73 Å². The summed E-state index contributed by atoms with van der Waals surface area (Å²) in [5, 5.41) is 2.58. The van der Waals surface area contributed by atoms with Crippen molar-refractivity contribution in [3.63, 3.8) is 0 Å². The van der Waals surface area contributed by atoms with Crippen molar-refractivity contribution in [2.75, 3.05) is 5.32 Å². The molecule has 0 aliphatic carbocycles. The highest BCUT2D eigenvalue weighted by molar-refractivity contribution is 6.03. The fourth-order valence-corrected chi connectivity index (χ4v) is 1.30. The molecule has 0 aliphatic heterocycles. The summed E-state index contributed by atoms with van der Waals surface area (Å²) in [6.45, 7) is 0. The number of nitrogens with zero attached hydrogens (tertiary/aromatic N) is 2. The number of nitrogens with one attached hydrogen (secondary N) is 1. The molecule has 0 radical (unpaired) electrons. The van der Waals surface area contributed by atoms with Gasteiger partial charge in [-0.1, -0.05) is 0 Å². The number of amides is 2. The Morgan fingerprint density at radius 3 is 2.50 bits per heavy atom. The Hall–Kier alpha value is -2.76. The molecule has 0 spiro atoms. The molecule has 0 bridgehead atoms. The van der Waals surface area contributed by atoms with Crippen LogP contribution in [0.3, 0.4) is 0 Å². The molecular weight excluding hydrogens is 232 g/mol. The summed E-state index contributed by atoms with van der Waals surface area (Å²) < 4.78 is 0. The minimum absolute atomic E-state index is 0.286. The zero-order chi connectivity index (χ0) is 13.0. The number of pyridine rings is 2. The first-order chi connectivity index (χ1) is 8.66. The van der Waals surface area contributed by atoms with E-state index < -0.39 is 5.91 Å². The van der Waals surface area contributed by atoms with E-state index in [1.807, 2.05) is 0 Å². The van der Waals surface area contributed by atoms with E-state index in [1.165, 1.54) is 24.5 Å². The molecule has 0 unspecified atom stereocenters. The van der Waals surface area contributed by atoms with Gasteiger partial charge in [-0.05, 0) is 24.3 Å². The summed E-state index contributed by atoms with van der Waals surface area (Å²) in [5.41, 5.74) is 5.80. The van der Waals surface area contributed by atoms with E-state index in [-0.39, 0.29) is 11.5 Å². The third-order valence-electron chi connectivity index (χ3n) is 2.21. The largest absolute Gasteiger partial charge is 0.366 e. The van der Waals surface area contributed by atoms with Crippen LogP contribution in [0, 0.1) is 0 Å². The molecule has 0 saturated carbocycles. The molecule has 2 amide bonds. The minimum atomic E-state index is -0.562. The van der Waals surface area contributed by atoms with Gasteiger partial charge in [-0.15, -0.1) is 0 Å². The number of nitrogens with two attached hydrogens (primary N) is 1. The lowest BCUT2D eigenvalue weighted by molar-refractivity contribution is 0.0998. The van der Waals surface area contributed by atoms with Gasteiger partial charge in [0.1, 0.15) is 5.82 Å². The van der Waals surface area contributed by atoms with Gasteiger partial charge < -0.3 is 11.1 Å². The number of hydrogen-bond donors (Lipinski definition) is 2. The lowest BCUT2D eigenvalue weighted by Gasteiger charge is -2.04. The van der Waals surface area contributed by atoms with Gasteiger partial charge >= 0.3 is 0 Å². The summed E-state index contributed by atoms with van der Waals surface area (Å²) in [6, 6.07) is 6.31. The van der Waals surface area contributed by atoms with Crippen LogP contribution in [0.2, 0.25) is 0 Å². The van der Waals surface area contributed by atoms with Crippen LogP contribution < -0.4 is 11.1 Å². The maximum absolute atomic E-state index is 11.8. The zero-order valence-electron chi connectivity index (χ0n) is 9.33. The highest BCUT2D eigenvalue weighted by atomic mass is 16.2. The van der Waals surface area contributed by atoms with Crippen molar-refractivity contribution in [1.82, 2.24) is 9.97 Å². The quantitative estimate of drug-likeness (QED) is 0.832. The molecule has 0 atom stereocenters. The molecule has 2 aromatic heterocycles. The summed E-state index contributed by atoms with van der Waals surface area (Å²) in [5.74, 6) is -0.538.